The molecule has 0 aliphatic heterocycles. The van der Waals surface area contributed by atoms with Crippen LogP contribution in [0, 0.1) is 0 Å². The van der Waals surface area contributed by atoms with Crippen LogP contribution in [0.25, 0.3) is 11.3 Å². The van der Waals surface area contributed by atoms with Gasteiger partial charge in [0.15, 0.2) is 5.82 Å². The number of carbonyl (C=O) groups is 2. The Hall–Kier alpha value is -4.59. The number of nitrogens with zero attached hydrogens (tertiary/aromatic N) is 1. The third-order valence-electron chi connectivity index (χ3n) is 4.71. The molecule has 4 rings (SSSR count). The monoisotopic (exact) mass is 428 g/mol. The number of amides is 2. The Labute approximate surface area is 184 Å². The molecule has 0 bridgehead atoms. The van der Waals surface area contributed by atoms with Crippen LogP contribution in [0.2, 0.25) is 0 Å². The summed E-state index contributed by atoms with van der Waals surface area (Å²) in [6, 6.07) is 22.4. The van der Waals surface area contributed by atoms with Gasteiger partial charge in [-0.3, -0.25) is 14.7 Å². The highest BCUT2D eigenvalue weighted by Crippen LogP contribution is 2.29. The first-order chi connectivity index (χ1) is 15.5. The second-order valence-corrected chi connectivity index (χ2v) is 6.84. The number of anilines is 1. The molecule has 2 amide bonds. The Kier molecular flexibility index (Phi) is 5.85. The van der Waals surface area contributed by atoms with Crippen LogP contribution in [-0.4, -0.2) is 29.1 Å². The average Bonchev–Trinajstić information content (AvgIpc) is 3.28. The molecular weight excluding hydrogens is 408 g/mol. The molecule has 0 saturated carbocycles. The van der Waals surface area contributed by atoms with Gasteiger partial charge in [-0.2, -0.15) is 5.10 Å². The fourth-order valence-corrected chi connectivity index (χ4v) is 3.08. The van der Waals surface area contributed by atoms with E-state index in [0.29, 0.717) is 34.2 Å². The molecule has 8 heteroatoms. The van der Waals surface area contributed by atoms with Crippen molar-refractivity contribution in [2.75, 3.05) is 12.4 Å². The van der Waals surface area contributed by atoms with Crippen molar-refractivity contribution in [2.45, 2.75) is 0 Å². The number of benzene rings is 3. The van der Waals surface area contributed by atoms with Crippen LogP contribution in [0.15, 0.2) is 78.9 Å². The van der Waals surface area contributed by atoms with E-state index in [1.54, 1.807) is 61.7 Å². The quantitative estimate of drug-likeness (QED) is 0.407. The first-order valence-electron chi connectivity index (χ1n) is 9.71. The van der Waals surface area contributed by atoms with E-state index >= 15 is 0 Å². The molecule has 0 radical (unpaired) electrons. The summed E-state index contributed by atoms with van der Waals surface area (Å²) in [5.41, 5.74) is 7.64. The van der Waals surface area contributed by atoms with E-state index in [2.05, 4.69) is 15.5 Å². The van der Waals surface area contributed by atoms with Crippen LogP contribution >= 0.6 is 0 Å². The van der Waals surface area contributed by atoms with E-state index < -0.39 is 5.91 Å². The largest absolute Gasteiger partial charge is 0.496 e. The molecule has 1 heterocycles. The normalized spacial score (nSPS) is 10.4. The Bertz CT molecular complexity index is 1250. The number of hydrogen-bond acceptors (Lipinski definition) is 5. The zero-order chi connectivity index (χ0) is 22.5. The van der Waals surface area contributed by atoms with E-state index in [0.717, 1.165) is 11.3 Å². The molecule has 4 aromatic rings. The molecule has 0 unspecified atom stereocenters. The molecule has 0 aliphatic rings. The predicted molar refractivity (Wildman–Crippen MR) is 120 cm³/mol. The van der Waals surface area contributed by atoms with Crippen molar-refractivity contribution in [3.05, 3.63) is 90.0 Å². The van der Waals surface area contributed by atoms with Crippen molar-refractivity contribution in [1.82, 2.24) is 10.2 Å². The van der Waals surface area contributed by atoms with Gasteiger partial charge in [0.25, 0.3) is 5.91 Å². The second-order valence-electron chi connectivity index (χ2n) is 6.84. The van der Waals surface area contributed by atoms with E-state index in [4.69, 9.17) is 15.2 Å². The molecule has 0 aliphatic carbocycles. The van der Waals surface area contributed by atoms with Crippen LogP contribution in [0.1, 0.15) is 20.7 Å². The maximum atomic E-state index is 12.6. The highest BCUT2D eigenvalue weighted by atomic mass is 16.5. The molecule has 8 nitrogen and oxygen atoms in total. The van der Waals surface area contributed by atoms with Crippen LogP contribution < -0.4 is 20.5 Å². The minimum atomic E-state index is -0.501. The number of aromatic nitrogens is 2. The number of aromatic amines is 1. The second kappa shape index (κ2) is 9.05. The fraction of sp³-hybridized carbons (Fsp3) is 0.0417. The summed E-state index contributed by atoms with van der Waals surface area (Å²) in [6.07, 6.45) is 0. The highest BCUT2D eigenvalue weighted by Gasteiger charge is 2.12. The predicted octanol–water partition coefficient (Wildman–Crippen LogP) is 4.23. The lowest BCUT2D eigenvalue weighted by Gasteiger charge is -2.07. The van der Waals surface area contributed by atoms with Gasteiger partial charge < -0.3 is 20.5 Å². The lowest BCUT2D eigenvalue weighted by atomic mass is 10.1. The van der Waals surface area contributed by atoms with Crippen molar-refractivity contribution in [1.29, 1.82) is 0 Å². The van der Waals surface area contributed by atoms with E-state index in [9.17, 15) is 9.59 Å². The molecule has 0 fully saturated rings. The number of para-hydroxylation sites is 1. The van der Waals surface area contributed by atoms with Gasteiger partial charge in [0.05, 0.1) is 12.8 Å². The van der Waals surface area contributed by atoms with Gasteiger partial charge in [0.1, 0.15) is 17.2 Å². The summed E-state index contributed by atoms with van der Waals surface area (Å²) in [5, 5.41) is 9.83. The zero-order valence-corrected chi connectivity index (χ0v) is 17.2. The van der Waals surface area contributed by atoms with Gasteiger partial charge in [-0.1, -0.05) is 12.1 Å². The lowest BCUT2D eigenvalue weighted by molar-refractivity contribution is 0.0997. The number of nitrogens with one attached hydrogen (secondary N) is 2. The number of H-pyrrole nitrogens is 1. The summed E-state index contributed by atoms with van der Waals surface area (Å²) < 4.78 is 11.1. The number of ether oxygens (including phenoxy) is 2. The fourth-order valence-electron chi connectivity index (χ4n) is 3.08. The van der Waals surface area contributed by atoms with Crippen LogP contribution in [-0.2, 0) is 0 Å². The van der Waals surface area contributed by atoms with Gasteiger partial charge in [-0.15, -0.1) is 0 Å². The first-order valence-corrected chi connectivity index (χ1v) is 9.71. The number of carbonyl (C=O) groups excluding carboxylic acids is 2. The summed E-state index contributed by atoms with van der Waals surface area (Å²) in [7, 11) is 1.60. The molecule has 0 spiro atoms. The standard InChI is InChI=1S/C24H20N4O4/c1-31-21-5-3-2-4-19(21)20-14-22(28-27-20)26-24(30)16-8-12-18(13-9-16)32-17-10-6-15(7-11-17)23(25)29/h2-14H,1H3,(H2,25,29)(H2,26,27,28,30). The average molecular weight is 428 g/mol. The zero-order valence-electron chi connectivity index (χ0n) is 17.2. The Morgan fingerprint density at radius 2 is 1.53 bits per heavy atom. The number of primary amides is 1. The SMILES string of the molecule is COc1ccccc1-c1cc(NC(=O)c2ccc(Oc3ccc(C(N)=O)cc3)cc2)n[nH]1. The van der Waals surface area contributed by atoms with Crippen LogP contribution in [0.4, 0.5) is 5.82 Å². The lowest BCUT2D eigenvalue weighted by Crippen LogP contribution is -2.11. The van der Waals surface area contributed by atoms with E-state index in [-0.39, 0.29) is 5.91 Å². The maximum Gasteiger partial charge on any atom is 0.256 e. The molecule has 0 atom stereocenters. The summed E-state index contributed by atoms with van der Waals surface area (Å²) in [4.78, 5) is 23.7. The van der Waals surface area contributed by atoms with E-state index in [1.165, 1.54) is 0 Å². The van der Waals surface area contributed by atoms with Crippen molar-refractivity contribution in [3.63, 3.8) is 0 Å². The number of rotatable bonds is 7. The van der Waals surface area contributed by atoms with Crippen molar-refractivity contribution in [2.24, 2.45) is 5.73 Å². The van der Waals surface area contributed by atoms with Crippen molar-refractivity contribution < 1.29 is 19.1 Å². The number of nitrogens with two attached hydrogens (primary N) is 1. The Balaban J connectivity index is 1.41. The summed E-state index contributed by atoms with van der Waals surface area (Å²) >= 11 is 0. The summed E-state index contributed by atoms with van der Waals surface area (Å²) in [6.45, 7) is 0. The Morgan fingerprint density at radius 1 is 0.906 bits per heavy atom. The molecule has 0 saturated heterocycles. The topological polar surface area (TPSA) is 119 Å². The van der Waals surface area contributed by atoms with Gasteiger partial charge in [0.2, 0.25) is 5.91 Å². The highest BCUT2D eigenvalue weighted by molar-refractivity contribution is 6.04. The number of hydrogen-bond donors (Lipinski definition) is 3. The summed E-state index contributed by atoms with van der Waals surface area (Å²) in [5.74, 6) is 1.39. The first kappa shape index (κ1) is 20.7. The van der Waals surface area contributed by atoms with Gasteiger partial charge >= 0.3 is 0 Å². The van der Waals surface area contributed by atoms with Gasteiger partial charge in [-0.25, -0.2) is 0 Å². The third kappa shape index (κ3) is 4.59. The van der Waals surface area contributed by atoms with Crippen LogP contribution in [0.5, 0.6) is 17.2 Å². The van der Waals surface area contributed by atoms with E-state index in [1.807, 2.05) is 24.3 Å². The van der Waals surface area contributed by atoms with Crippen molar-refractivity contribution in [3.8, 4) is 28.5 Å². The number of methoxy groups -OCH3 is 1. The molecule has 4 N–H and O–H groups in total. The molecule has 3 aromatic carbocycles. The minimum absolute atomic E-state index is 0.305. The van der Waals surface area contributed by atoms with Crippen LogP contribution in [0.3, 0.4) is 0 Å². The minimum Gasteiger partial charge on any atom is -0.496 e. The third-order valence-corrected chi connectivity index (χ3v) is 4.71. The molecule has 160 valence electrons. The maximum absolute atomic E-state index is 12.6. The smallest absolute Gasteiger partial charge is 0.256 e. The van der Waals surface area contributed by atoms with Crippen molar-refractivity contribution >= 4 is 17.6 Å². The Morgan fingerprint density at radius 3 is 2.16 bits per heavy atom. The molecule has 1 aromatic heterocycles. The molecule has 32 heavy (non-hydrogen) atoms. The van der Waals surface area contributed by atoms with Gasteiger partial charge in [0, 0.05) is 22.8 Å². The molecular formula is C24H20N4O4. The van der Waals surface area contributed by atoms with Gasteiger partial charge in [-0.05, 0) is 60.7 Å².